The smallest absolute Gasteiger partial charge is 0.0956 e. The quantitative estimate of drug-likeness (QED) is 0.543. The Bertz CT molecular complexity index is 620. The van der Waals surface area contributed by atoms with Gasteiger partial charge in [-0.3, -0.25) is 14.7 Å². The van der Waals surface area contributed by atoms with Crippen LogP contribution >= 0.6 is 0 Å². The van der Waals surface area contributed by atoms with E-state index in [1.165, 1.54) is 11.1 Å². The Morgan fingerprint density at radius 3 is 1.72 bits per heavy atom. The standard InChI is InChI=1S/C20H24N2.C5H13NO/c1-2-13-21-14-16-22(17-15-21)20(18-9-5-3-6-10-18)19-11-7-4-8-12-19;1-3-6(4-2)5-7/h2-12,20H,1,13-17H2;7H,3-5H2,1-2H3. The van der Waals surface area contributed by atoms with E-state index in [1.807, 2.05) is 24.8 Å². The highest BCUT2D eigenvalue weighted by Gasteiger charge is 2.25. The van der Waals surface area contributed by atoms with Crippen LogP contribution in [-0.4, -0.2) is 72.4 Å². The minimum absolute atomic E-state index is 0.188. The first kappa shape index (κ1) is 23.3. The van der Waals surface area contributed by atoms with Crippen LogP contribution in [0.5, 0.6) is 0 Å². The SMILES string of the molecule is C=CCN1CCN(C(c2ccccc2)c2ccccc2)CC1.CCN(CC)CO. The molecule has 0 atom stereocenters. The Balaban J connectivity index is 0.000000370. The second-order valence-corrected chi connectivity index (χ2v) is 7.29. The molecule has 0 unspecified atom stereocenters. The van der Waals surface area contributed by atoms with Gasteiger partial charge in [0.2, 0.25) is 0 Å². The number of nitrogens with zero attached hydrogens (tertiary/aromatic N) is 3. The Morgan fingerprint density at radius 1 is 0.897 bits per heavy atom. The summed E-state index contributed by atoms with van der Waals surface area (Å²) in [6, 6.07) is 22.1. The number of piperazine rings is 1. The van der Waals surface area contributed by atoms with Crippen LogP contribution in [0.3, 0.4) is 0 Å². The molecular weight excluding hydrogens is 358 g/mol. The molecule has 1 aliphatic heterocycles. The number of aliphatic hydroxyl groups is 1. The number of hydrogen-bond acceptors (Lipinski definition) is 4. The fourth-order valence-electron chi connectivity index (χ4n) is 3.70. The Kier molecular flexibility index (Phi) is 10.7. The highest BCUT2D eigenvalue weighted by Crippen LogP contribution is 2.29. The average Bonchev–Trinajstić information content (AvgIpc) is 2.79. The fourth-order valence-corrected chi connectivity index (χ4v) is 3.70. The molecule has 158 valence electrons. The molecule has 0 aliphatic carbocycles. The van der Waals surface area contributed by atoms with Crippen LogP contribution in [0.2, 0.25) is 0 Å². The van der Waals surface area contributed by atoms with Gasteiger partial charge in [0, 0.05) is 32.7 Å². The van der Waals surface area contributed by atoms with Crippen LogP contribution in [0.15, 0.2) is 73.3 Å². The summed E-state index contributed by atoms with van der Waals surface area (Å²) in [5.41, 5.74) is 2.76. The van der Waals surface area contributed by atoms with Crippen molar-refractivity contribution in [3.8, 4) is 0 Å². The maximum atomic E-state index is 8.45. The van der Waals surface area contributed by atoms with Crippen molar-refractivity contribution in [2.75, 3.05) is 52.5 Å². The summed E-state index contributed by atoms with van der Waals surface area (Å²) in [6.45, 7) is 15.4. The van der Waals surface area contributed by atoms with Crippen molar-refractivity contribution in [1.29, 1.82) is 0 Å². The van der Waals surface area contributed by atoms with E-state index < -0.39 is 0 Å². The summed E-state index contributed by atoms with van der Waals surface area (Å²) in [5.74, 6) is 0. The summed E-state index contributed by atoms with van der Waals surface area (Å²) in [4.78, 5) is 7.00. The maximum Gasteiger partial charge on any atom is 0.0956 e. The largest absolute Gasteiger partial charge is 0.381 e. The lowest BCUT2D eigenvalue weighted by molar-refractivity contribution is 0.118. The van der Waals surface area contributed by atoms with Crippen LogP contribution in [0.1, 0.15) is 31.0 Å². The monoisotopic (exact) mass is 395 g/mol. The first-order chi connectivity index (χ1) is 14.2. The van der Waals surface area contributed by atoms with Crippen molar-refractivity contribution >= 4 is 0 Å². The minimum Gasteiger partial charge on any atom is -0.381 e. The first-order valence-electron chi connectivity index (χ1n) is 10.7. The second-order valence-electron chi connectivity index (χ2n) is 7.29. The van der Waals surface area contributed by atoms with E-state index in [9.17, 15) is 0 Å². The molecule has 4 heteroatoms. The molecule has 0 saturated carbocycles. The topological polar surface area (TPSA) is 30.0 Å². The third kappa shape index (κ3) is 7.41. The molecule has 0 spiro atoms. The highest BCUT2D eigenvalue weighted by molar-refractivity contribution is 5.31. The lowest BCUT2D eigenvalue weighted by Crippen LogP contribution is -2.47. The summed E-state index contributed by atoms with van der Waals surface area (Å²) >= 11 is 0. The van der Waals surface area contributed by atoms with Gasteiger partial charge in [0.15, 0.2) is 0 Å². The van der Waals surface area contributed by atoms with Gasteiger partial charge in [0.05, 0.1) is 12.8 Å². The van der Waals surface area contributed by atoms with E-state index in [-0.39, 0.29) is 6.73 Å². The average molecular weight is 396 g/mol. The minimum atomic E-state index is 0.188. The predicted octanol–water partition coefficient (Wildman–Crippen LogP) is 3.86. The molecule has 3 rings (SSSR count). The maximum absolute atomic E-state index is 8.45. The molecule has 1 aliphatic rings. The van der Waals surface area contributed by atoms with E-state index in [4.69, 9.17) is 5.11 Å². The van der Waals surface area contributed by atoms with E-state index in [0.717, 1.165) is 45.8 Å². The van der Waals surface area contributed by atoms with Crippen molar-refractivity contribution in [3.63, 3.8) is 0 Å². The predicted molar refractivity (Wildman–Crippen MR) is 123 cm³/mol. The normalized spacial score (nSPS) is 15.2. The molecule has 2 aromatic carbocycles. The Hall–Kier alpha value is -1.98. The zero-order valence-corrected chi connectivity index (χ0v) is 18.1. The van der Waals surface area contributed by atoms with Gasteiger partial charge in [-0.05, 0) is 24.2 Å². The van der Waals surface area contributed by atoms with Crippen LogP contribution in [0.4, 0.5) is 0 Å². The molecule has 1 heterocycles. The second kappa shape index (κ2) is 13.3. The lowest BCUT2D eigenvalue weighted by Gasteiger charge is -2.39. The van der Waals surface area contributed by atoms with Crippen molar-refractivity contribution < 1.29 is 5.11 Å². The molecule has 0 radical (unpaired) electrons. The van der Waals surface area contributed by atoms with Crippen molar-refractivity contribution in [3.05, 3.63) is 84.4 Å². The summed E-state index contributed by atoms with van der Waals surface area (Å²) < 4.78 is 0. The zero-order chi connectivity index (χ0) is 20.9. The van der Waals surface area contributed by atoms with Gasteiger partial charge >= 0.3 is 0 Å². The van der Waals surface area contributed by atoms with Gasteiger partial charge in [-0.2, -0.15) is 0 Å². The molecule has 1 N–H and O–H groups in total. The van der Waals surface area contributed by atoms with Crippen LogP contribution in [0.25, 0.3) is 0 Å². The fraction of sp³-hybridized carbons (Fsp3) is 0.440. The third-order valence-electron chi connectivity index (χ3n) is 5.48. The molecule has 0 aromatic heterocycles. The van der Waals surface area contributed by atoms with Gasteiger partial charge in [-0.25, -0.2) is 0 Å². The molecule has 4 nitrogen and oxygen atoms in total. The molecule has 1 saturated heterocycles. The van der Waals surface area contributed by atoms with Crippen molar-refractivity contribution in [2.45, 2.75) is 19.9 Å². The number of aliphatic hydroxyl groups excluding tert-OH is 1. The van der Waals surface area contributed by atoms with Gasteiger partial charge in [-0.1, -0.05) is 80.6 Å². The first-order valence-corrected chi connectivity index (χ1v) is 10.7. The van der Waals surface area contributed by atoms with Crippen LogP contribution in [-0.2, 0) is 0 Å². The number of rotatable bonds is 8. The Morgan fingerprint density at radius 2 is 1.38 bits per heavy atom. The Labute approximate surface area is 177 Å². The lowest BCUT2D eigenvalue weighted by atomic mass is 9.96. The van der Waals surface area contributed by atoms with E-state index >= 15 is 0 Å². The van der Waals surface area contributed by atoms with Gasteiger partial charge in [-0.15, -0.1) is 6.58 Å². The molecule has 0 bridgehead atoms. The van der Waals surface area contributed by atoms with Gasteiger partial charge in [0.1, 0.15) is 0 Å². The third-order valence-corrected chi connectivity index (χ3v) is 5.48. The van der Waals surface area contributed by atoms with Crippen molar-refractivity contribution in [1.82, 2.24) is 14.7 Å². The molecule has 2 aromatic rings. The summed E-state index contributed by atoms with van der Waals surface area (Å²) in [5, 5.41) is 8.45. The van der Waals surface area contributed by atoms with Crippen molar-refractivity contribution in [2.24, 2.45) is 0 Å². The molecule has 29 heavy (non-hydrogen) atoms. The van der Waals surface area contributed by atoms with E-state index in [2.05, 4.69) is 77.0 Å². The molecule has 1 fully saturated rings. The van der Waals surface area contributed by atoms with E-state index in [1.54, 1.807) is 0 Å². The molecular formula is C25H37N3O. The van der Waals surface area contributed by atoms with E-state index in [0.29, 0.717) is 6.04 Å². The summed E-state index contributed by atoms with van der Waals surface area (Å²) in [6.07, 6.45) is 2.00. The molecule has 0 amide bonds. The van der Waals surface area contributed by atoms with Gasteiger partial charge in [0.25, 0.3) is 0 Å². The van der Waals surface area contributed by atoms with Crippen LogP contribution < -0.4 is 0 Å². The highest BCUT2D eigenvalue weighted by atomic mass is 16.3. The zero-order valence-electron chi connectivity index (χ0n) is 18.1. The van der Waals surface area contributed by atoms with Crippen LogP contribution in [0, 0.1) is 0 Å². The number of hydrogen-bond donors (Lipinski definition) is 1. The van der Waals surface area contributed by atoms with Gasteiger partial charge < -0.3 is 5.11 Å². The summed E-state index contributed by atoms with van der Waals surface area (Å²) in [7, 11) is 0. The number of benzene rings is 2.